The van der Waals surface area contributed by atoms with E-state index in [2.05, 4.69) is 12.6 Å². The minimum atomic E-state index is -0.479. The second kappa shape index (κ2) is 3.10. The largest absolute Gasteiger partial charge is 0.276 e. The van der Waals surface area contributed by atoms with Gasteiger partial charge in [-0.05, 0) is 23.4 Å². The van der Waals surface area contributed by atoms with Gasteiger partial charge in [-0.15, -0.1) is 12.6 Å². The number of carbonyl (C=O) groups excluding carboxylic acids is 1. The van der Waals surface area contributed by atoms with E-state index >= 15 is 0 Å². The van der Waals surface area contributed by atoms with Crippen molar-refractivity contribution in [2.24, 2.45) is 0 Å². The lowest BCUT2D eigenvalue weighted by molar-refractivity contribution is -0.107. The average Bonchev–Trinajstić information content (AvgIpc) is 1.27. The van der Waals surface area contributed by atoms with E-state index in [4.69, 9.17) is 11.6 Å². The summed E-state index contributed by atoms with van der Waals surface area (Å²) in [6.45, 7) is 1.68. The maximum atomic E-state index is 9.89. The molecule has 0 heterocycles. The number of thiol groups is 1. The Morgan fingerprint density at radius 2 is 2.29 bits per heavy atom. The monoisotopic (exact) mass is 136 g/mol. The summed E-state index contributed by atoms with van der Waals surface area (Å²) in [6, 6.07) is 0. The molecule has 0 aromatic carbocycles. The van der Waals surface area contributed by atoms with Crippen molar-refractivity contribution in [1.82, 2.24) is 0 Å². The van der Waals surface area contributed by atoms with Crippen molar-refractivity contribution in [3.05, 3.63) is 11.0 Å². The Morgan fingerprint density at radius 3 is 2.29 bits per heavy atom. The predicted octanol–water partition coefficient (Wildman–Crippen LogP) is 1.59. The molecule has 0 fully saturated rings. The molecule has 0 radical (unpaired) electrons. The fourth-order valence-electron chi connectivity index (χ4n) is 0.164. The highest BCUT2D eigenvalue weighted by Crippen LogP contribution is 1.97. The van der Waals surface area contributed by atoms with E-state index in [-0.39, 0.29) is 0 Å². The smallest absolute Gasteiger partial charge is 0.245 e. The van der Waals surface area contributed by atoms with Crippen LogP contribution in [0.3, 0.4) is 0 Å². The molecule has 0 aliphatic carbocycles. The van der Waals surface area contributed by atoms with Crippen molar-refractivity contribution < 1.29 is 4.79 Å². The Hall–Kier alpha value is 0.0500. The topological polar surface area (TPSA) is 17.1 Å². The summed E-state index contributed by atoms with van der Waals surface area (Å²) in [5.41, 5.74) is 0. The summed E-state index contributed by atoms with van der Waals surface area (Å²) in [6.07, 6.45) is 1.24. The van der Waals surface area contributed by atoms with Gasteiger partial charge in [-0.3, -0.25) is 4.79 Å². The number of hydrogen-bond acceptors (Lipinski definition) is 2. The molecule has 1 nitrogen and oxygen atoms in total. The Labute approximate surface area is 52.8 Å². The van der Waals surface area contributed by atoms with Crippen LogP contribution in [0, 0.1) is 0 Å². The lowest BCUT2D eigenvalue weighted by atomic mass is 10.6. The molecule has 0 N–H and O–H groups in total. The molecule has 0 rings (SSSR count). The van der Waals surface area contributed by atoms with Crippen LogP contribution in [0.25, 0.3) is 0 Å². The molecule has 0 unspecified atom stereocenters. The second-order valence-electron chi connectivity index (χ2n) is 1.09. The van der Waals surface area contributed by atoms with Crippen LogP contribution in [0.4, 0.5) is 0 Å². The van der Waals surface area contributed by atoms with E-state index < -0.39 is 5.24 Å². The van der Waals surface area contributed by atoms with Gasteiger partial charge in [0.1, 0.15) is 0 Å². The first-order valence-corrected chi connectivity index (χ1v) is 2.52. The fourth-order valence-corrected chi connectivity index (χ4v) is 0.521. The summed E-state index contributed by atoms with van der Waals surface area (Å²) >= 11 is 8.70. The Bertz CT molecular complexity index is 104. The van der Waals surface area contributed by atoms with Crippen LogP contribution in [0.1, 0.15) is 6.92 Å². The fraction of sp³-hybridized carbons (Fsp3) is 0.250. The van der Waals surface area contributed by atoms with E-state index in [1.165, 1.54) is 6.08 Å². The van der Waals surface area contributed by atoms with Crippen LogP contribution in [0.5, 0.6) is 0 Å². The summed E-state index contributed by atoms with van der Waals surface area (Å²) in [5.74, 6) is 0. The number of halogens is 1. The summed E-state index contributed by atoms with van der Waals surface area (Å²) < 4.78 is 0. The first-order valence-electron chi connectivity index (χ1n) is 1.69. The quantitative estimate of drug-likeness (QED) is 0.329. The highest BCUT2D eigenvalue weighted by Gasteiger charge is 1.84. The number of allylic oxidation sites excluding steroid dienone is 2. The van der Waals surface area contributed by atoms with Crippen molar-refractivity contribution in [1.29, 1.82) is 0 Å². The van der Waals surface area contributed by atoms with Crippen molar-refractivity contribution in [2.45, 2.75) is 6.92 Å². The van der Waals surface area contributed by atoms with Gasteiger partial charge in [0.15, 0.2) is 0 Å². The molecular weight excluding hydrogens is 132 g/mol. The predicted molar refractivity (Wildman–Crippen MR) is 33.6 cm³/mol. The van der Waals surface area contributed by atoms with Crippen molar-refractivity contribution >= 4 is 29.5 Å². The molecule has 0 spiro atoms. The number of hydrogen-bond donors (Lipinski definition) is 1. The van der Waals surface area contributed by atoms with E-state index in [1.807, 2.05) is 0 Å². The standard InChI is InChI=1S/C4H5ClOS/c1-3(7)2-4(5)6/h2,7H,1H3/b3-2+. The normalized spacial score (nSPS) is 11.6. The van der Waals surface area contributed by atoms with E-state index in [9.17, 15) is 4.79 Å². The zero-order valence-electron chi connectivity index (χ0n) is 3.81. The molecule has 0 aliphatic rings. The maximum Gasteiger partial charge on any atom is 0.245 e. The minimum Gasteiger partial charge on any atom is -0.276 e. The average molecular weight is 137 g/mol. The maximum absolute atomic E-state index is 9.89. The van der Waals surface area contributed by atoms with Gasteiger partial charge in [-0.25, -0.2) is 0 Å². The summed E-state index contributed by atoms with van der Waals surface area (Å²) in [4.78, 5) is 10.5. The van der Waals surface area contributed by atoms with Gasteiger partial charge in [0.05, 0.1) is 0 Å². The van der Waals surface area contributed by atoms with Gasteiger partial charge in [0, 0.05) is 6.08 Å². The van der Waals surface area contributed by atoms with E-state index in [0.29, 0.717) is 4.91 Å². The molecular formula is C4H5ClOS. The molecule has 0 bridgehead atoms. The SMILES string of the molecule is C/C(S)=C\C(=O)Cl. The molecule has 0 aromatic rings. The summed E-state index contributed by atoms with van der Waals surface area (Å²) in [7, 11) is 0. The molecule has 0 aliphatic heterocycles. The second-order valence-corrected chi connectivity index (χ2v) is 2.17. The molecule has 0 aromatic heterocycles. The zero-order valence-corrected chi connectivity index (χ0v) is 5.46. The molecule has 3 heteroatoms. The van der Waals surface area contributed by atoms with Gasteiger partial charge in [-0.2, -0.15) is 0 Å². The van der Waals surface area contributed by atoms with Crippen molar-refractivity contribution in [2.75, 3.05) is 0 Å². The molecule has 7 heavy (non-hydrogen) atoms. The van der Waals surface area contributed by atoms with Crippen LogP contribution in [0.15, 0.2) is 11.0 Å². The van der Waals surface area contributed by atoms with Crippen LogP contribution in [0.2, 0.25) is 0 Å². The highest BCUT2D eigenvalue weighted by molar-refractivity contribution is 7.84. The number of rotatable bonds is 1. The first-order chi connectivity index (χ1) is 3.13. The third-order valence-corrected chi connectivity index (χ3v) is 0.561. The Morgan fingerprint density at radius 1 is 1.86 bits per heavy atom. The minimum absolute atomic E-state index is 0.479. The summed E-state index contributed by atoms with van der Waals surface area (Å²) in [5, 5.41) is -0.479. The van der Waals surface area contributed by atoms with E-state index in [1.54, 1.807) is 6.92 Å². The van der Waals surface area contributed by atoms with Crippen LogP contribution in [-0.2, 0) is 4.79 Å². The lowest BCUT2D eigenvalue weighted by Gasteiger charge is -1.77. The van der Waals surface area contributed by atoms with Crippen LogP contribution < -0.4 is 0 Å². The van der Waals surface area contributed by atoms with Crippen molar-refractivity contribution in [3.63, 3.8) is 0 Å². The first kappa shape index (κ1) is 7.05. The van der Waals surface area contributed by atoms with Gasteiger partial charge in [-0.1, -0.05) is 0 Å². The highest BCUT2D eigenvalue weighted by atomic mass is 35.5. The molecule has 0 atom stereocenters. The van der Waals surface area contributed by atoms with Gasteiger partial charge >= 0.3 is 0 Å². The molecule has 40 valence electrons. The van der Waals surface area contributed by atoms with Crippen LogP contribution in [-0.4, -0.2) is 5.24 Å². The molecule has 0 saturated heterocycles. The number of carbonyl (C=O) groups is 1. The van der Waals surface area contributed by atoms with Gasteiger partial charge in [0.2, 0.25) is 5.24 Å². The van der Waals surface area contributed by atoms with Crippen molar-refractivity contribution in [3.8, 4) is 0 Å². The molecule has 0 amide bonds. The van der Waals surface area contributed by atoms with E-state index in [0.717, 1.165) is 0 Å². The molecule has 0 saturated carbocycles. The Kier molecular flexibility index (Phi) is 3.13. The van der Waals surface area contributed by atoms with Gasteiger partial charge in [0.25, 0.3) is 0 Å². The Balaban J connectivity index is 3.68. The third-order valence-electron chi connectivity index (χ3n) is 0.322. The third kappa shape index (κ3) is 6.05. The van der Waals surface area contributed by atoms with Gasteiger partial charge < -0.3 is 0 Å². The van der Waals surface area contributed by atoms with Crippen LogP contribution >= 0.6 is 24.2 Å². The zero-order chi connectivity index (χ0) is 5.86. The lowest BCUT2D eigenvalue weighted by Crippen LogP contribution is -1.74.